The van der Waals surface area contributed by atoms with Crippen molar-refractivity contribution < 1.29 is 4.42 Å². The van der Waals surface area contributed by atoms with Gasteiger partial charge in [-0.2, -0.15) is 0 Å². The van der Waals surface area contributed by atoms with E-state index in [9.17, 15) is 0 Å². The van der Waals surface area contributed by atoms with E-state index in [1.807, 2.05) is 6.07 Å². The van der Waals surface area contributed by atoms with E-state index in [0.717, 1.165) is 50.1 Å². The highest BCUT2D eigenvalue weighted by Gasteiger charge is 2.20. The van der Waals surface area contributed by atoms with Crippen molar-refractivity contribution in [3.8, 4) is 33.4 Å². The van der Waals surface area contributed by atoms with Crippen LogP contribution in [0.25, 0.3) is 98.4 Å². The Bertz CT molecular complexity index is 3600. The van der Waals surface area contributed by atoms with Crippen molar-refractivity contribution in [3.05, 3.63) is 224 Å². The monoisotopic (exact) mass is 763 g/mol. The van der Waals surface area contributed by atoms with E-state index < -0.39 is 0 Å². The van der Waals surface area contributed by atoms with Gasteiger partial charge < -0.3 is 9.32 Å². The average molecular weight is 764 g/mol. The van der Waals surface area contributed by atoms with Crippen LogP contribution in [-0.2, 0) is 0 Å². The van der Waals surface area contributed by atoms with Crippen LogP contribution in [0.3, 0.4) is 0 Å². The van der Waals surface area contributed by atoms with Gasteiger partial charge in [0.2, 0.25) is 0 Å². The number of nitrogens with zero attached hydrogens (tertiary/aromatic N) is 1. The molecule has 0 saturated carbocycles. The minimum absolute atomic E-state index is 0.868. The van der Waals surface area contributed by atoms with Crippen LogP contribution in [0.15, 0.2) is 229 Å². The van der Waals surface area contributed by atoms with Crippen molar-refractivity contribution in [2.24, 2.45) is 0 Å². The molecule has 2 nitrogen and oxygen atoms in total. The Labute approximate surface area is 347 Å². The summed E-state index contributed by atoms with van der Waals surface area (Å²) in [6.45, 7) is 0. The van der Waals surface area contributed by atoms with Gasteiger partial charge in [0.05, 0.1) is 11.1 Å². The SMILES string of the molecule is c1cc(-c2ccc(-c3ccc4ccc5ccccc5c4c3)cc2)cc(N(c2ccc(-c3ccc4c(ccc5ccccc54)c3)cc2)c2cccc3oc4ccccc4c23)c1. The highest BCUT2D eigenvalue weighted by molar-refractivity contribution is 6.14. The molecule has 0 fully saturated rings. The molecule has 12 rings (SSSR count). The molecule has 60 heavy (non-hydrogen) atoms. The first-order valence-corrected chi connectivity index (χ1v) is 20.6. The molecular weight excluding hydrogens is 727 g/mol. The van der Waals surface area contributed by atoms with Crippen LogP contribution in [0.4, 0.5) is 17.1 Å². The lowest BCUT2D eigenvalue weighted by molar-refractivity contribution is 0.669. The molecule has 0 amide bonds. The molecule has 0 saturated heterocycles. The topological polar surface area (TPSA) is 16.4 Å². The first-order valence-electron chi connectivity index (χ1n) is 20.6. The summed E-state index contributed by atoms with van der Waals surface area (Å²) in [5.41, 5.74) is 12.1. The molecule has 0 aliphatic heterocycles. The number of para-hydroxylation sites is 1. The van der Waals surface area contributed by atoms with Gasteiger partial charge in [-0.25, -0.2) is 0 Å². The second-order valence-electron chi connectivity index (χ2n) is 15.7. The van der Waals surface area contributed by atoms with E-state index in [-0.39, 0.29) is 0 Å². The fourth-order valence-electron chi connectivity index (χ4n) is 9.23. The molecule has 0 bridgehead atoms. The highest BCUT2D eigenvalue weighted by Crippen LogP contribution is 2.44. The lowest BCUT2D eigenvalue weighted by Crippen LogP contribution is -2.10. The molecule has 0 N–H and O–H groups in total. The zero-order valence-electron chi connectivity index (χ0n) is 32.7. The third-order valence-corrected chi connectivity index (χ3v) is 12.2. The second-order valence-corrected chi connectivity index (χ2v) is 15.7. The molecule has 1 heterocycles. The number of fused-ring (bicyclic) bond motifs is 9. The molecule has 0 aliphatic rings. The second kappa shape index (κ2) is 13.9. The highest BCUT2D eigenvalue weighted by atomic mass is 16.3. The number of furan rings is 1. The van der Waals surface area contributed by atoms with E-state index >= 15 is 0 Å². The standard InChI is InChI=1S/C58H37NO/c1-3-13-50-41(9-1)26-28-47-35-45(31-34-52(47)50)40-29-32-48(33-30-40)59(55-16-8-18-57-58(55)53-15-5-6-17-56(53)60-57)49-12-7-11-44(36-49)38-19-21-39(22-20-38)46-27-25-43-24-23-42-10-2-4-14-51(42)54(43)37-46/h1-37H. The normalized spacial score (nSPS) is 11.7. The summed E-state index contributed by atoms with van der Waals surface area (Å²) < 4.78 is 6.41. The molecule has 11 aromatic carbocycles. The summed E-state index contributed by atoms with van der Waals surface area (Å²) in [5, 5.41) is 12.3. The largest absolute Gasteiger partial charge is 0.456 e. The molecule has 1 aromatic heterocycles. The molecule has 0 aliphatic carbocycles. The summed E-state index contributed by atoms with van der Waals surface area (Å²) in [6, 6.07) is 81.3. The lowest BCUT2D eigenvalue weighted by Gasteiger charge is -2.27. The van der Waals surface area contributed by atoms with E-state index in [1.165, 1.54) is 65.3 Å². The minimum Gasteiger partial charge on any atom is -0.456 e. The molecule has 0 spiro atoms. The minimum atomic E-state index is 0.868. The Hall–Kier alpha value is -7.94. The van der Waals surface area contributed by atoms with Crippen LogP contribution in [0.2, 0.25) is 0 Å². The average Bonchev–Trinajstić information content (AvgIpc) is 3.71. The Morgan fingerprint density at radius 2 is 0.767 bits per heavy atom. The summed E-state index contributed by atoms with van der Waals surface area (Å²) in [7, 11) is 0. The van der Waals surface area contributed by atoms with Crippen LogP contribution < -0.4 is 4.90 Å². The zero-order valence-corrected chi connectivity index (χ0v) is 32.7. The van der Waals surface area contributed by atoms with Gasteiger partial charge in [0, 0.05) is 16.8 Å². The Morgan fingerprint density at radius 3 is 1.52 bits per heavy atom. The number of hydrogen-bond donors (Lipinski definition) is 0. The van der Waals surface area contributed by atoms with Crippen LogP contribution in [0.5, 0.6) is 0 Å². The number of hydrogen-bond acceptors (Lipinski definition) is 2. The first-order chi connectivity index (χ1) is 29.7. The lowest BCUT2D eigenvalue weighted by atomic mass is 9.96. The van der Waals surface area contributed by atoms with Crippen molar-refractivity contribution in [1.82, 2.24) is 0 Å². The third kappa shape index (κ3) is 5.73. The van der Waals surface area contributed by atoms with Crippen molar-refractivity contribution in [2.75, 3.05) is 4.90 Å². The summed E-state index contributed by atoms with van der Waals surface area (Å²) in [5.74, 6) is 0. The van der Waals surface area contributed by atoms with Crippen LogP contribution in [0.1, 0.15) is 0 Å². The van der Waals surface area contributed by atoms with E-state index in [1.54, 1.807) is 0 Å². The quantitative estimate of drug-likeness (QED) is 0.157. The van der Waals surface area contributed by atoms with Gasteiger partial charge in [-0.15, -0.1) is 0 Å². The van der Waals surface area contributed by atoms with Gasteiger partial charge in [0.15, 0.2) is 0 Å². The fourth-order valence-corrected chi connectivity index (χ4v) is 9.23. The number of rotatable bonds is 6. The van der Waals surface area contributed by atoms with Crippen molar-refractivity contribution in [3.63, 3.8) is 0 Å². The summed E-state index contributed by atoms with van der Waals surface area (Å²) >= 11 is 0. The molecule has 0 radical (unpaired) electrons. The van der Waals surface area contributed by atoms with Gasteiger partial charge in [-0.3, -0.25) is 0 Å². The summed E-state index contributed by atoms with van der Waals surface area (Å²) in [6.07, 6.45) is 0. The predicted octanol–water partition coefficient (Wildman–Crippen LogP) is 16.7. The van der Waals surface area contributed by atoms with Crippen LogP contribution in [0, 0.1) is 0 Å². The summed E-state index contributed by atoms with van der Waals surface area (Å²) in [4.78, 5) is 2.37. The zero-order chi connectivity index (χ0) is 39.6. The van der Waals surface area contributed by atoms with Gasteiger partial charge in [-0.1, -0.05) is 170 Å². The van der Waals surface area contributed by atoms with Crippen LogP contribution in [-0.4, -0.2) is 0 Å². The molecule has 12 aromatic rings. The van der Waals surface area contributed by atoms with E-state index in [2.05, 4.69) is 223 Å². The van der Waals surface area contributed by atoms with E-state index in [0.29, 0.717) is 0 Å². The number of anilines is 3. The van der Waals surface area contributed by atoms with Gasteiger partial charge in [-0.05, 0) is 131 Å². The maximum atomic E-state index is 6.41. The number of benzene rings is 11. The van der Waals surface area contributed by atoms with Crippen molar-refractivity contribution in [1.29, 1.82) is 0 Å². The van der Waals surface area contributed by atoms with Crippen molar-refractivity contribution in [2.45, 2.75) is 0 Å². The molecule has 0 atom stereocenters. The molecule has 2 heteroatoms. The Kier molecular flexibility index (Phi) is 7.89. The van der Waals surface area contributed by atoms with E-state index in [4.69, 9.17) is 4.42 Å². The van der Waals surface area contributed by atoms with Gasteiger partial charge in [0.25, 0.3) is 0 Å². The third-order valence-electron chi connectivity index (χ3n) is 12.2. The smallest absolute Gasteiger partial charge is 0.137 e. The Balaban J connectivity index is 0.941. The molecular formula is C58H37NO. The van der Waals surface area contributed by atoms with Crippen LogP contribution >= 0.6 is 0 Å². The maximum absolute atomic E-state index is 6.41. The maximum Gasteiger partial charge on any atom is 0.137 e. The van der Waals surface area contributed by atoms with Crippen molar-refractivity contribution >= 4 is 82.1 Å². The predicted molar refractivity (Wildman–Crippen MR) is 255 cm³/mol. The molecule has 280 valence electrons. The first kappa shape index (κ1) is 34.1. The fraction of sp³-hybridized carbons (Fsp3) is 0. The van der Waals surface area contributed by atoms with Gasteiger partial charge >= 0.3 is 0 Å². The van der Waals surface area contributed by atoms with Gasteiger partial charge in [0.1, 0.15) is 11.2 Å². The molecule has 0 unspecified atom stereocenters. The Morgan fingerprint density at radius 1 is 0.267 bits per heavy atom.